The summed E-state index contributed by atoms with van der Waals surface area (Å²) in [6, 6.07) is 8.02. The van der Waals surface area contributed by atoms with Crippen LogP contribution in [0.25, 0.3) is 0 Å². The highest BCUT2D eigenvalue weighted by Crippen LogP contribution is 2.35. The van der Waals surface area contributed by atoms with Crippen molar-refractivity contribution < 1.29 is 26.3 Å². The molecule has 0 radical (unpaired) electrons. The first-order valence-corrected chi connectivity index (χ1v) is 12.8. The van der Waals surface area contributed by atoms with Crippen molar-refractivity contribution >= 4 is 31.4 Å². The van der Waals surface area contributed by atoms with Crippen molar-refractivity contribution in [3.8, 4) is 11.5 Å². The van der Waals surface area contributed by atoms with E-state index in [-0.39, 0.29) is 10.6 Å². The molecule has 1 saturated heterocycles. The van der Waals surface area contributed by atoms with Gasteiger partial charge in [-0.25, -0.2) is 16.8 Å². The lowest BCUT2D eigenvalue weighted by molar-refractivity contribution is 0.171. The summed E-state index contributed by atoms with van der Waals surface area (Å²) < 4.78 is 65.9. The average Bonchev–Trinajstić information content (AvgIpc) is 2.69. The van der Waals surface area contributed by atoms with Crippen LogP contribution < -0.4 is 18.5 Å². The molecule has 0 aliphatic carbocycles. The Labute approximate surface area is 176 Å². The van der Waals surface area contributed by atoms with Crippen LogP contribution in [0.5, 0.6) is 11.5 Å². The molecule has 1 N–H and O–H groups in total. The minimum Gasteiger partial charge on any atom is -0.486 e. The van der Waals surface area contributed by atoms with Crippen LogP contribution in [0.2, 0.25) is 0 Å². The number of hydrogen-bond acceptors (Lipinski definition) is 6. The Morgan fingerprint density at radius 3 is 2.43 bits per heavy atom. The number of nitrogens with zero attached hydrogens (tertiary/aromatic N) is 1. The molecule has 0 unspecified atom stereocenters. The largest absolute Gasteiger partial charge is 0.486 e. The van der Waals surface area contributed by atoms with E-state index < -0.39 is 20.0 Å². The van der Waals surface area contributed by atoms with Gasteiger partial charge in [-0.1, -0.05) is 0 Å². The number of aryl methyl sites for hydroxylation is 2. The van der Waals surface area contributed by atoms with Gasteiger partial charge in [0.25, 0.3) is 10.0 Å². The van der Waals surface area contributed by atoms with Crippen LogP contribution in [-0.2, 0) is 20.0 Å². The van der Waals surface area contributed by atoms with Gasteiger partial charge in [-0.2, -0.15) is 0 Å². The molecule has 10 heteroatoms. The number of rotatable bonds is 4. The standard InChI is InChI=1S/C20H24N2O6S2/c1-14-12-20(15(2)11-17(14)22-7-3-4-10-29(22,23)24)30(25,26)21-16-5-6-18-19(13-16)28-9-8-27-18/h5-6,11-13,21H,3-4,7-10H2,1-2H3. The Kier molecular flexibility index (Phi) is 5.31. The molecule has 8 nitrogen and oxygen atoms in total. The first-order chi connectivity index (χ1) is 14.2. The van der Waals surface area contributed by atoms with Crippen LogP contribution in [0.15, 0.2) is 35.2 Å². The van der Waals surface area contributed by atoms with E-state index in [1.807, 2.05) is 0 Å². The predicted octanol–water partition coefficient (Wildman–Crippen LogP) is 2.81. The van der Waals surface area contributed by atoms with E-state index in [0.29, 0.717) is 60.2 Å². The van der Waals surface area contributed by atoms with Crippen LogP contribution in [0.1, 0.15) is 24.0 Å². The van der Waals surface area contributed by atoms with E-state index in [2.05, 4.69) is 4.72 Å². The molecular formula is C20H24N2O6S2. The molecule has 4 rings (SSSR count). The molecule has 2 aromatic rings. The lowest BCUT2D eigenvalue weighted by Gasteiger charge is -2.30. The second-order valence-corrected chi connectivity index (χ2v) is 11.1. The molecule has 2 aliphatic rings. The third kappa shape index (κ3) is 3.93. The van der Waals surface area contributed by atoms with Gasteiger partial charge < -0.3 is 9.47 Å². The summed E-state index contributed by atoms with van der Waals surface area (Å²) in [7, 11) is -7.26. The monoisotopic (exact) mass is 452 g/mol. The summed E-state index contributed by atoms with van der Waals surface area (Å²) >= 11 is 0. The van der Waals surface area contributed by atoms with Gasteiger partial charge in [0.15, 0.2) is 11.5 Å². The summed E-state index contributed by atoms with van der Waals surface area (Å²) in [5.41, 5.74) is 1.96. The van der Waals surface area contributed by atoms with Gasteiger partial charge in [-0.3, -0.25) is 9.03 Å². The maximum Gasteiger partial charge on any atom is 0.262 e. The zero-order chi connectivity index (χ0) is 21.5. The molecule has 162 valence electrons. The van der Waals surface area contributed by atoms with Crippen LogP contribution in [0.3, 0.4) is 0 Å². The second kappa shape index (κ2) is 7.66. The number of fused-ring (bicyclic) bond motifs is 1. The van der Waals surface area contributed by atoms with E-state index in [1.54, 1.807) is 38.1 Å². The van der Waals surface area contributed by atoms with Crippen LogP contribution >= 0.6 is 0 Å². The highest BCUT2D eigenvalue weighted by Gasteiger charge is 2.29. The summed E-state index contributed by atoms with van der Waals surface area (Å²) in [5.74, 6) is 1.17. The smallest absolute Gasteiger partial charge is 0.262 e. The predicted molar refractivity (Wildman–Crippen MR) is 115 cm³/mol. The van der Waals surface area contributed by atoms with Crippen molar-refractivity contribution in [3.63, 3.8) is 0 Å². The second-order valence-electron chi connectivity index (χ2n) is 7.46. The lowest BCUT2D eigenvalue weighted by Crippen LogP contribution is -2.38. The van der Waals surface area contributed by atoms with Crippen LogP contribution in [-0.4, -0.2) is 42.3 Å². The fourth-order valence-corrected chi connectivity index (χ4v) is 6.76. The molecule has 0 amide bonds. The highest BCUT2D eigenvalue weighted by atomic mass is 32.2. The third-order valence-electron chi connectivity index (χ3n) is 5.20. The minimum atomic E-state index is -3.88. The normalized spacial score (nSPS) is 18.1. The van der Waals surface area contributed by atoms with Gasteiger partial charge in [-0.15, -0.1) is 0 Å². The van der Waals surface area contributed by atoms with Gasteiger partial charge in [0, 0.05) is 12.6 Å². The summed E-state index contributed by atoms with van der Waals surface area (Å²) in [6.45, 7) is 4.65. The molecule has 1 fully saturated rings. The molecule has 30 heavy (non-hydrogen) atoms. The molecule has 0 spiro atoms. The maximum atomic E-state index is 13.0. The lowest BCUT2D eigenvalue weighted by atomic mass is 10.1. The zero-order valence-corrected chi connectivity index (χ0v) is 18.5. The average molecular weight is 453 g/mol. The van der Waals surface area contributed by atoms with Crippen molar-refractivity contribution in [3.05, 3.63) is 41.5 Å². The van der Waals surface area contributed by atoms with Gasteiger partial charge in [0.2, 0.25) is 10.0 Å². The Morgan fingerprint density at radius 2 is 1.70 bits per heavy atom. The Balaban J connectivity index is 1.65. The maximum absolute atomic E-state index is 13.0. The van der Waals surface area contributed by atoms with Crippen LogP contribution in [0.4, 0.5) is 11.4 Å². The van der Waals surface area contributed by atoms with Crippen molar-refractivity contribution in [1.29, 1.82) is 0 Å². The quantitative estimate of drug-likeness (QED) is 0.765. The third-order valence-corrected chi connectivity index (χ3v) is 8.57. The molecule has 2 heterocycles. The number of anilines is 2. The summed E-state index contributed by atoms with van der Waals surface area (Å²) in [6.07, 6.45) is 1.42. The first kappa shape index (κ1) is 20.8. The van der Waals surface area contributed by atoms with Crippen molar-refractivity contribution in [1.82, 2.24) is 0 Å². The Morgan fingerprint density at radius 1 is 0.967 bits per heavy atom. The van der Waals surface area contributed by atoms with Gasteiger partial charge in [0.1, 0.15) is 13.2 Å². The van der Waals surface area contributed by atoms with E-state index >= 15 is 0 Å². The number of nitrogens with one attached hydrogen (secondary N) is 1. The summed E-state index contributed by atoms with van der Waals surface area (Å²) in [4.78, 5) is 0.105. The molecule has 0 aromatic heterocycles. The van der Waals surface area contributed by atoms with Gasteiger partial charge >= 0.3 is 0 Å². The topological polar surface area (TPSA) is 102 Å². The molecule has 0 atom stereocenters. The zero-order valence-electron chi connectivity index (χ0n) is 16.8. The minimum absolute atomic E-state index is 0.105. The van der Waals surface area contributed by atoms with Crippen molar-refractivity contribution in [2.24, 2.45) is 0 Å². The van der Waals surface area contributed by atoms with Crippen molar-refractivity contribution in [2.45, 2.75) is 31.6 Å². The number of ether oxygens (including phenoxy) is 2. The summed E-state index contributed by atoms with van der Waals surface area (Å²) in [5, 5.41) is 0. The van der Waals surface area contributed by atoms with Crippen LogP contribution in [0, 0.1) is 13.8 Å². The number of hydrogen-bond donors (Lipinski definition) is 1. The van der Waals surface area contributed by atoms with E-state index in [9.17, 15) is 16.8 Å². The number of benzene rings is 2. The van der Waals surface area contributed by atoms with Gasteiger partial charge in [-0.05, 0) is 62.1 Å². The number of sulfonamides is 2. The Hall–Kier alpha value is -2.46. The first-order valence-electron chi connectivity index (χ1n) is 9.71. The van der Waals surface area contributed by atoms with Gasteiger partial charge in [0.05, 0.1) is 22.0 Å². The fourth-order valence-electron chi connectivity index (χ4n) is 3.71. The van der Waals surface area contributed by atoms with E-state index in [0.717, 1.165) is 6.42 Å². The molecule has 0 bridgehead atoms. The SMILES string of the molecule is Cc1cc(S(=O)(=O)Nc2ccc3c(c2)OCCO3)c(C)cc1N1CCCCS1(=O)=O. The van der Waals surface area contributed by atoms with E-state index in [1.165, 1.54) is 10.4 Å². The molecule has 2 aromatic carbocycles. The highest BCUT2D eigenvalue weighted by molar-refractivity contribution is 7.93. The van der Waals surface area contributed by atoms with Crippen molar-refractivity contribution in [2.75, 3.05) is 34.5 Å². The molecule has 2 aliphatic heterocycles. The molecular weight excluding hydrogens is 428 g/mol. The Bertz CT molecular complexity index is 1190. The molecule has 0 saturated carbocycles. The van der Waals surface area contributed by atoms with E-state index in [4.69, 9.17) is 9.47 Å². The fraction of sp³-hybridized carbons (Fsp3) is 0.400.